The Morgan fingerprint density at radius 1 is 0.824 bits per heavy atom. The molecule has 0 saturated heterocycles. The third kappa shape index (κ3) is 3.20. The van der Waals surface area contributed by atoms with Gasteiger partial charge in [-0.1, -0.05) is 66.8 Å². The molecule has 17 heavy (non-hydrogen) atoms. The lowest BCUT2D eigenvalue weighted by Gasteiger charge is -2.23. The van der Waals surface area contributed by atoms with Crippen LogP contribution in [0.1, 0.15) is 0 Å². The molecule has 0 radical (unpaired) electrons. The molecule has 0 atom stereocenters. The summed E-state index contributed by atoms with van der Waals surface area (Å²) in [4.78, 5) is 0. The van der Waals surface area contributed by atoms with Crippen LogP contribution >= 0.6 is 0 Å². The molecule has 2 heteroatoms. The van der Waals surface area contributed by atoms with Crippen molar-refractivity contribution in [1.82, 2.24) is 0 Å². The first-order valence-corrected chi connectivity index (χ1v) is 9.12. The molecule has 88 valence electrons. The largest absolute Gasteiger partial charge is 0.497 e. The summed E-state index contributed by atoms with van der Waals surface area (Å²) in [6.07, 6.45) is 0.820. The van der Waals surface area contributed by atoms with Crippen molar-refractivity contribution >= 4 is 13.3 Å². The standard InChI is InChI=1S/C15H18OSi/c1-17(2,15-11-7-4-8-12-15)13-16-14-9-5-3-6-10-14/h3-12H,13H2,1-2H3. The molecule has 0 saturated carbocycles. The van der Waals surface area contributed by atoms with E-state index in [1.807, 2.05) is 30.3 Å². The van der Waals surface area contributed by atoms with Gasteiger partial charge in [0.2, 0.25) is 0 Å². The highest BCUT2D eigenvalue weighted by molar-refractivity contribution is 6.89. The minimum absolute atomic E-state index is 0.820. The van der Waals surface area contributed by atoms with Crippen molar-refractivity contribution in [3.63, 3.8) is 0 Å². The monoisotopic (exact) mass is 242 g/mol. The summed E-state index contributed by atoms with van der Waals surface area (Å²) in [5.41, 5.74) is 0. The van der Waals surface area contributed by atoms with Crippen LogP contribution in [0.25, 0.3) is 0 Å². The van der Waals surface area contributed by atoms with Crippen LogP contribution in [0.2, 0.25) is 13.1 Å². The highest BCUT2D eigenvalue weighted by Crippen LogP contribution is 2.11. The van der Waals surface area contributed by atoms with Crippen molar-refractivity contribution in [2.24, 2.45) is 0 Å². The van der Waals surface area contributed by atoms with Crippen molar-refractivity contribution in [3.05, 3.63) is 60.7 Å². The fourth-order valence-electron chi connectivity index (χ4n) is 1.75. The highest BCUT2D eigenvalue weighted by Gasteiger charge is 2.24. The number of ether oxygens (including phenoxy) is 1. The first kappa shape index (κ1) is 11.9. The number of para-hydroxylation sites is 1. The Bertz CT molecular complexity index is 451. The average molecular weight is 242 g/mol. The molecule has 0 amide bonds. The zero-order chi connectivity index (χ0) is 12.1. The number of hydrogen-bond acceptors (Lipinski definition) is 1. The molecule has 0 heterocycles. The van der Waals surface area contributed by atoms with Crippen LogP contribution in [0.15, 0.2) is 60.7 Å². The first-order chi connectivity index (χ1) is 8.18. The lowest BCUT2D eigenvalue weighted by molar-refractivity contribution is 0.379. The van der Waals surface area contributed by atoms with Crippen molar-refractivity contribution in [2.75, 3.05) is 6.23 Å². The Morgan fingerprint density at radius 2 is 1.35 bits per heavy atom. The van der Waals surface area contributed by atoms with Gasteiger partial charge in [0, 0.05) is 0 Å². The maximum absolute atomic E-state index is 5.89. The number of hydrogen-bond donors (Lipinski definition) is 0. The van der Waals surface area contributed by atoms with Crippen LogP contribution in [-0.2, 0) is 0 Å². The van der Waals surface area contributed by atoms with Gasteiger partial charge in [-0.25, -0.2) is 0 Å². The van der Waals surface area contributed by atoms with Gasteiger partial charge in [-0.2, -0.15) is 0 Å². The van der Waals surface area contributed by atoms with Crippen LogP contribution in [0.5, 0.6) is 5.75 Å². The predicted octanol–water partition coefficient (Wildman–Crippen LogP) is 3.22. The summed E-state index contributed by atoms with van der Waals surface area (Å²) in [6.45, 7) is 4.68. The third-order valence-corrected chi connectivity index (χ3v) is 5.66. The molecule has 1 nitrogen and oxygen atoms in total. The lowest BCUT2D eigenvalue weighted by atomic mass is 10.3. The molecule has 0 aromatic heterocycles. The summed E-state index contributed by atoms with van der Waals surface area (Å²) in [7, 11) is -1.48. The molecule has 0 aliphatic rings. The van der Waals surface area contributed by atoms with E-state index in [4.69, 9.17) is 4.74 Å². The summed E-state index contributed by atoms with van der Waals surface area (Å²) < 4.78 is 5.89. The Hall–Kier alpha value is -1.54. The third-order valence-electron chi connectivity index (χ3n) is 2.90. The van der Waals surface area contributed by atoms with Crippen LogP contribution < -0.4 is 9.92 Å². The van der Waals surface area contributed by atoms with E-state index in [1.54, 1.807) is 0 Å². The van der Waals surface area contributed by atoms with Crippen LogP contribution in [0, 0.1) is 0 Å². The van der Waals surface area contributed by atoms with Gasteiger partial charge in [-0.05, 0) is 12.1 Å². The van der Waals surface area contributed by atoms with Crippen molar-refractivity contribution in [3.8, 4) is 5.75 Å². The number of benzene rings is 2. The second-order valence-corrected chi connectivity index (χ2v) is 9.49. The summed E-state index contributed by atoms with van der Waals surface area (Å²) in [6, 6.07) is 20.7. The molecule has 2 aromatic rings. The Kier molecular flexibility index (Phi) is 3.64. The SMILES string of the molecule is C[Si](C)(COc1ccccc1)c1ccccc1. The van der Waals surface area contributed by atoms with E-state index in [1.165, 1.54) is 5.19 Å². The number of rotatable bonds is 4. The molecule has 2 rings (SSSR count). The maximum Gasteiger partial charge on any atom is 0.124 e. The van der Waals surface area contributed by atoms with Crippen molar-refractivity contribution < 1.29 is 4.74 Å². The summed E-state index contributed by atoms with van der Waals surface area (Å²) in [5, 5.41) is 1.44. The Labute approximate surface area is 104 Å². The van der Waals surface area contributed by atoms with Crippen molar-refractivity contribution in [2.45, 2.75) is 13.1 Å². The molecule has 2 aromatic carbocycles. The normalized spacial score (nSPS) is 11.2. The highest BCUT2D eigenvalue weighted by atomic mass is 28.3. The molecule has 0 aliphatic carbocycles. The van der Waals surface area contributed by atoms with Crippen molar-refractivity contribution in [1.29, 1.82) is 0 Å². The van der Waals surface area contributed by atoms with E-state index >= 15 is 0 Å². The zero-order valence-corrected chi connectivity index (χ0v) is 11.4. The fraction of sp³-hybridized carbons (Fsp3) is 0.200. The lowest BCUT2D eigenvalue weighted by Crippen LogP contribution is -2.47. The molecule has 0 spiro atoms. The van der Waals surface area contributed by atoms with Gasteiger partial charge in [-0.3, -0.25) is 0 Å². The average Bonchev–Trinajstić information content (AvgIpc) is 2.39. The predicted molar refractivity (Wildman–Crippen MR) is 75.5 cm³/mol. The topological polar surface area (TPSA) is 9.23 Å². The van der Waals surface area contributed by atoms with Gasteiger partial charge in [-0.15, -0.1) is 0 Å². The van der Waals surface area contributed by atoms with E-state index in [-0.39, 0.29) is 0 Å². The summed E-state index contributed by atoms with van der Waals surface area (Å²) >= 11 is 0. The van der Waals surface area contributed by atoms with Gasteiger partial charge in [0.25, 0.3) is 0 Å². The van der Waals surface area contributed by atoms with Gasteiger partial charge < -0.3 is 4.74 Å². The molecule has 0 bridgehead atoms. The second kappa shape index (κ2) is 5.19. The Balaban J connectivity index is 2.03. The van der Waals surface area contributed by atoms with E-state index in [9.17, 15) is 0 Å². The minimum atomic E-state index is -1.48. The maximum atomic E-state index is 5.89. The van der Waals surface area contributed by atoms with E-state index in [0.29, 0.717) is 0 Å². The zero-order valence-electron chi connectivity index (χ0n) is 10.4. The van der Waals surface area contributed by atoms with Gasteiger partial charge in [0.1, 0.15) is 13.8 Å². The fourth-order valence-corrected chi connectivity index (χ4v) is 3.54. The van der Waals surface area contributed by atoms with Crippen LogP contribution in [-0.4, -0.2) is 14.3 Å². The van der Waals surface area contributed by atoms with E-state index in [2.05, 4.69) is 43.4 Å². The Morgan fingerprint density at radius 3 is 1.94 bits per heavy atom. The summed E-state index contributed by atoms with van der Waals surface area (Å²) in [5.74, 6) is 0.962. The first-order valence-electron chi connectivity index (χ1n) is 5.92. The minimum Gasteiger partial charge on any atom is -0.497 e. The van der Waals surface area contributed by atoms with E-state index in [0.717, 1.165) is 12.0 Å². The van der Waals surface area contributed by atoms with Gasteiger partial charge >= 0.3 is 0 Å². The van der Waals surface area contributed by atoms with E-state index < -0.39 is 8.07 Å². The molecule has 0 fully saturated rings. The van der Waals surface area contributed by atoms with Crippen LogP contribution in [0.3, 0.4) is 0 Å². The molecule has 0 unspecified atom stereocenters. The second-order valence-electron chi connectivity index (χ2n) is 4.85. The van der Waals surface area contributed by atoms with Gasteiger partial charge in [0.15, 0.2) is 0 Å². The molecule has 0 aliphatic heterocycles. The molecule has 0 N–H and O–H groups in total. The smallest absolute Gasteiger partial charge is 0.124 e. The van der Waals surface area contributed by atoms with Gasteiger partial charge in [0.05, 0.1) is 6.23 Å². The quantitative estimate of drug-likeness (QED) is 0.748. The van der Waals surface area contributed by atoms with Crippen LogP contribution in [0.4, 0.5) is 0 Å². The molecular formula is C15H18OSi. The molecular weight excluding hydrogens is 224 g/mol.